The van der Waals surface area contributed by atoms with Crippen molar-refractivity contribution in [1.29, 1.82) is 0 Å². The molecule has 0 spiro atoms. The third-order valence-electron chi connectivity index (χ3n) is 5.37. The molecule has 4 nitrogen and oxygen atoms in total. The topological polar surface area (TPSA) is 49.4 Å². The van der Waals surface area contributed by atoms with Crippen molar-refractivity contribution in [2.24, 2.45) is 0 Å². The zero-order chi connectivity index (χ0) is 20.2. The van der Waals surface area contributed by atoms with E-state index in [0.717, 1.165) is 16.5 Å². The lowest BCUT2D eigenvalue weighted by Gasteiger charge is -2.17. The molecule has 1 aliphatic rings. The number of halogens is 1. The number of hydrogen-bond acceptors (Lipinski definition) is 2. The van der Waals surface area contributed by atoms with Crippen molar-refractivity contribution < 1.29 is 14.0 Å². The molecule has 1 heterocycles. The Balaban J connectivity index is 1.29. The van der Waals surface area contributed by atoms with E-state index in [4.69, 9.17) is 0 Å². The van der Waals surface area contributed by atoms with Crippen molar-refractivity contribution >= 4 is 22.6 Å². The van der Waals surface area contributed by atoms with Crippen molar-refractivity contribution in [3.8, 4) is 0 Å². The first-order chi connectivity index (χ1) is 14.1. The van der Waals surface area contributed by atoms with Crippen LogP contribution in [0.1, 0.15) is 24.0 Å². The number of nitrogens with zero attached hydrogens (tertiary/aromatic N) is 1. The van der Waals surface area contributed by atoms with Gasteiger partial charge in [-0.05, 0) is 46.9 Å². The maximum Gasteiger partial charge on any atom is 0.245 e. The van der Waals surface area contributed by atoms with Crippen molar-refractivity contribution in [3.63, 3.8) is 0 Å². The fourth-order valence-electron chi connectivity index (χ4n) is 3.76. The van der Waals surface area contributed by atoms with E-state index in [2.05, 4.69) is 29.6 Å². The van der Waals surface area contributed by atoms with E-state index in [1.807, 2.05) is 18.2 Å². The van der Waals surface area contributed by atoms with Crippen molar-refractivity contribution in [1.82, 2.24) is 10.2 Å². The van der Waals surface area contributed by atoms with Gasteiger partial charge in [0.1, 0.15) is 11.9 Å². The molecule has 1 aliphatic heterocycles. The minimum Gasteiger partial charge on any atom is -0.344 e. The number of likely N-dealkylation sites (tertiary alicyclic amines) is 1. The second kappa shape index (κ2) is 8.43. The second-order valence-corrected chi connectivity index (χ2v) is 7.48. The van der Waals surface area contributed by atoms with Crippen LogP contribution in [-0.4, -0.2) is 29.3 Å². The lowest BCUT2D eigenvalue weighted by molar-refractivity contribution is -0.133. The Morgan fingerprint density at radius 1 is 1.00 bits per heavy atom. The predicted molar refractivity (Wildman–Crippen MR) is 111 cm³/mol. The molecule has 0 saturated carbocycles. The number of nitrogens with one attached hydrogen (secondary N) is 1. The minimum atomic E-state index is -0.473. The average Bonchev–Trinajstić information content (AvgIpc) is 3.07. The Morgan fingerprint density at radius 2 is 1.72 bits per heavy atom. The van der Waals surface area contributed by atoms with Gasteiger partial charge in [-0.15, -0.1) is 0 Å². The molecular formula is C24H23FN2O2. The zero-order valence-electron chi connectivity index (χ0n) is 16.1. The summed E-state index contributed by atoms with van der Waals surface area (Å²) in [5.41, 5.74) is 1.98. The van der Waals surface area contributed by atoms with Gasteiger partial charge in [0.15, 0.2) is 0 Å². The summed E-state index contributed by atoms with van der Waals surface area (Å²) in [5, 5.41) is 5.21. The fraction of sp³-hybridized carbons (Fsp3) is 0.250. The average molecular weight is 390 g/mol. The lowest BCUT2D eigenvalue weighted by atomic mass is 10.0. The molecule has 5 heteroatoms. The number of hydrogen-bond donors (Lipinski definition) is 1. The van der Waals surface area contributed by atoms with Crippen molar-refractivity contribution in [2.75, 3.05) is 6.54 Å². The lowest BCUT2D eigenvalue weighted by Crippen LogP contribution is -2.41. The standard InChI is InChI=1S/C24H23FN2O2/c25-21-10-6-18(7-11-21)16-27-14-13-22(24(27)29)26-23(28)12-8-17-5-9-19-3-1-2-4-20(19)15-17/h1-7,9-11,15,22H,8,12-14,16H2,(H,26,28). The van der Waals surface area contributed by atoms with Gasteiger partial charge >= 0.3 is 0 Å². The van der Waals surface area contributed by atoms with E-state index in [9.17, 15) is 14.0 Å². The maximum absolute atomic E-state index is 13.0. The first-order valence-corrected chi connectivity index (χ1v) is 9.89. The summed E-state index contributed by atoms with van der Waals surface area (Å²) >= 11 is 0. The van der Waals surface area contributed by atoms with Crippen LogP contribution < -0.4 is 5.32 Å². The Hall–Kier alpha value is -3.21. The molecule has 1 fully saturated rings. The van der Waals surface area contributed by atoms with Crippen LogP contribution in [0, 0.1) is 5.82 Å². The Labute approximate surface area is 169 Å². The number of carbonyl (C=O) groups is 2. The molecule has 0 radical (unpaired) electrons. The van der Waals surface area contributed by atoms with Crippen LogP contribution in [-0.2, 0) is 22.6 Å². The van der Waals surface area contributed by atoms with Gasteiger partial charge in [0.2, 0.25) is 11.8 Å². The van der Waals surface area contributed by atoms with Crippen LogP contribution in [0.3, 0.4) is 0 Å². The second-order valence-electron chi connectivity index (χ2n) is 7.48. The van der Waals surface area contributed by atoms with Crippen LogP contribution in [0.4, 0.5) is 4.39 Å². The van der Waals surface area contributed by atoms with Crippen molar-refractivity contribution in [3.05, 3.63) is 83.7 Å². The van der Waals surface area contributed by atoms with Gasteiger partial charge in [-0.25, -0.2) is 4.39 Å². The zero-order valence-corrected chi connectivity index (χ0v) is 16.1. The van der Waals surface area contributed by atoms with Gasteiger partial charge in [-0.1, -0.05) is 54.6 Å². The predicted octanol–water partition coefficient (Wildman–Crippen LogP) is 3.83. The number of fused-ring (bicyclic) bond motifs is 1. The van der Waals surface area contributed by atoms with Gasteiger partial charge in [-0.2, -0.15) is 0 Å². The summed E-state index contributed by atoms with van der Waals surface area (Å²) in [5.74, 6) is -0.480. The highest BCUT2D eigenvalue weighted by Crippen LogP contribution is 2.18. The third-order valence-corrected chi connectivity index (χ3v) is 5.37. The quantitative estimate of drug-likeness (QED) is 0.695. The molecule has 2 amide bonds. The molecule has 29 heavy (non-hydrogen) atoms. The van der Waals surface area contributed by atoms with E-state index in [-0.39, 0.29) is 17.6 Å². The summed E-state index contributed by atoms with van der Waals surface area (Å²) in [6, 6.07) is 20.0. The molecule has 1 saturated heterocycles. The summed E-state index contributed by atoms with van der Waals surface area (Å²) in [4.78, 5) is 26.6. The molecule has 0 aromatic heterocycles. The molecule has 1 unspecified atom stereocenters. The monoisotopic (exact) mass is 390 g/mol. The smallest absolute Gasteiger partial charge is 0.245 e. The molecule has 0 aliphatic carbocycles. The highest BCUT2D eigenvalue weighted by molar-refractivity contribution is 5.89. The SMILES string of the molecule is O=C(CCc1ccc2ccccc2c1)NC1CCN(Cc2ccc(F)cc2)C1=O. The Bertz CT molecular complexity index is 1030. The van der Waals surface area contributed by atoms with Gasteiger partial charge in [-0.3, -0.25) is 9.59 Å². The first-order valence-electron chi connectivity index (χ1n) is 9.89. The molecular weight excluding hydrogens is 367 g/mol. The van der Waals surface area contributed by atoms with Crippen LogP contribution in [0.25, 0.3) is 10.8 Å². The normalized spacial score (nSPS) is 16.4. The number of aryl methyl sites for hydroxylation is 1. The summed E-state index contributed by atoms with van der Waals surface area (Å²) in [6.45, 7) is 1.02. The van der Waals surface area contributed by atoms with Gasteiger partial charge in [0.05, 0.1) is 0 Å². The van der Waals surface area contributed by atoms with Crippen LogP contribution in [0.5, 0.6) is 0 Å². The largest absolute Gasteiger partial charge is 0.344 e. The van der Waals surface area contributed by atoms with Gasteiger partial charge < -0.3 is 10.2 Å². The molecule has 4 rings (SSSR count). The Kier molecular flexibility index (Phi) is 5.56. The third kappa shape index (κ3) is 4.62. The first kappa shape index (κ1) is 19.1. The number of carbonyl (C=O) groups excluding carboxylic acids is 2. The summed E-state index contributed by atoms with van der Waals surface area (Å²) < 4.78 is 13.0. The van der Waals surface area contributed by atoms with E-state index < -0.39 is 6.04 Å². The Morgan fingerprint density at radius 3 is 2.52 bits per heavy atom. The van der Waals surface area contributed by atoms with Gasteiger partial charge in [0, 0.05) is 19.5 Å². The van der Waals surface area contributed by atoms with Gasteiger partial charge in [0.25, 0.3) is 0 Å². The molecule has 1 atom stereocenters. The highest BCUT2D eigenvalue weighted by Gasteiger charge is 2.32. The van der Waals surface area contributed by atoms with Crippen LogP contribution >= 0.6 is 0 Å². The molecule has 0 bridgehead atoms. The molecule has 3 aromatic carbocycles. The van der Waals surface area contributed by atoms with Crippen LogP contribution in [0.15, 0.2) is 66.7 Å². The maximum atomic E-state index is 13.0. The molecule has 1 N–H and O–H groups in total. The van der Waals surface area contributed by atoms with E-state index >= 15 is 0 Å². The molecule has 3 aromatic rings. The highest BCUT2D eigenvalue weighted by atomic mass is 19.1. The fourth-order valence-corrected chi connectivity index (χ4v) is 3.76. The summed E-state index contributed by atoms with van der Waals surface area (Å²) in [6.07, 6.45) is 1.58. The number of rotatable bonds is 6. The van der Waals surface area contributed by atoms with E-state index in [0.29, 0.717) is 32.4 Å². The van der Waals surface area contributed by atoms with Crippen LogP contribution in [0.2, 0.25) is 0 Å². The van der Waals surface area contributed by atoms with E-state index in [1.165, 1.54) is 17.5 Å². The van der Waals surface area contributed by atoms with E-state index in [1.54, 1.807) is 17.0 Å². The number of benzene rings is 3. The molecule has 148 valence electrons. The minimum absolute atomic E-state index is 0.0756. The van der Waals surface area contributed by atoms with Crippen molar-refractivity contribution in [2.45, 2.75) is 31.8 Å². The summed E-state index contributed by atoms with van der Waals surface area (Å²) in [7, 11) is 0. The number of amides is 2.